The van der Waals surface area contributed by atoms with Crippen LogP contribution in [0, 0.1) is 0 Å². The number of aromatic nitrogens is 1. The van der Waals surface area contributed by atoms with Gasteiger partial charge in [0.2, 0.25) is 0 Å². The van der Waals surface area contributed by atoms with Crippen molar-refractivity contribution in [3.63, 3.8) is 0 Å². The molecule has 3 heteroatoms. The molecule has 2 aromatic rings. The fraction of sp³-hybridized carbons (Fsp3) is 0.353. The molecule has 3 rings (SSSR count). The zero-order valence-corrected chi connectivity index (χ0v) is 11.7. The Morgan fingerprint density at radius 1 is 1.20 bits per heavy atom. The summed E-state index contributed by atoms with van der Waals surface area (Å²) in [5.41, 5.74) is 2.28. The van der Waals surface area contributed by atoms with E-state index in [1.807, 2.05) is 12.1 Å². The van der Waals surface area contributed by atoms with Gasteiger partial charge in [0, 0.05) is 25.2 Å². The second-order valence-corrected chi connectivity index (χ2v) is 5.47. The Morgan fingerprint density at radius 2 is 2.00 bits per heavy atom. The Bertz CT molecular complexity index is 551. The lowest BCUT2D eigenvalue weighted by atomic mass is 9.99. The first-order valence-electron chi connectivity index (χ1n) is 7.18. The van der Waals surface area contributed by atoms with Gasteiger partial charge in [-0.2, -0.15) is 0 Å². The number of aliphatic hydroxyl groups excluding tert-OH is 1. The molecule has 1 saturated heterocycles. The largest absolute Gasteiger partial charge is 0.389 e. The summed E-state index contributed by atoms with van der Waals surface area (Å²) >= 11 is 0. The molecule has 0 bridgehead atoms. The summed E-state index contributed by atoms with van der Waals surface area (Å²) in [5, 5.41) is 9.52. The lowest BCUT2D eigenvalue weighted by molar-refractivity contribution is 0.199. The number of hydrogen-bond acceptors (Lipinski definition) is 3. The molecular formula is C17H20N2O. The van der Waals surface area contributed by atoms with Gasteiger partial charge in [-0.05, 0) is 30.5 Å². The zero-order chi connectivity index (χ0) is 13.9. The Labute approximate surface area is 119 Å². The van der Waals surface area contributed by atoms with E-state index in [9.17, 15) is 5.11 Å². The topological polar surface area (TPSA) is 36.4 Å². The SMILES string of the molecule is C[C@H](O)c1ccc(N2CCC(c3ccccc3)C2)nc1. The Morgan fingerprint density at radius 3 is 2.65 bits per heavy atom. The summed E-state index contributed by atoms with van der Waals surface area (Å²) in [4.78, 5) is 6.80. The molecule has 20 heavy (non-hydrogen) atoms. The molecule has 3 nitrogen and oxygen atoms in total. The van der Waals surface area contributed by atoms with E-state index in [1.54, 1.807) is 13.1 Å². The number of hydrogen-bond donors (Lipinski definition) is 1. The average molecular weight is 268 g/mol. The van der Waals surface area contributed by atoms with E-state index >= 15 is 0 Å². The standard InChI is InChI=1S/C17H20N2O/c1-13(20)15-7-8-17(18-11-15)19-10-9-16(12-19)14-5-3-2-4-6-14/h2-8,11,13,16,20H,9-10,12H2,1H3/t13-,16?/m0/s1. The van der Waals surface area contributed by atoms with Crippen LogP contribution in [0.3, 0.4) is 0 Å². The Balaban J connectivity index is 1.71. The normalized spacial score (nSPS) is 20.1. The molecule has 0 radical (unpaired) electrons. The van der Waals surface area contributed by atoms with Crippen molar-refractivity contribution < 1.29 is 5.11 Å². The summed E-state index contributed by atoms with van der Waals surface area (Å²) in [6.07, 6.45) is 2.49. The molecule has 2 heterocycles. The van der Waals surface area contributed by atoms with E-state index in [0.29, 0.717) is 5.92 Å². The Kier molecular flexibility index (Phi) is 3.70. The van der Waals surface area contributed by atoms with Crippen LogP contribution in [0.2, 0.25) is 0 Å². The summed E-state index contributed by atoms with van der Waals surface area (Å²) in [6, 6.07) is 14.7. The first-order chi connectivity index (χ1) is 9.74. The third kappa shape index (κ3) is 2.68. The van der Waals surface area contributed by atoms with Gasteiger partial charge < -0.3 is 10.0 Å². The zero-order valence-electron chi connectivity index (χ0n) is 11.7. The number of benzene rings is 1. The van der Waals surface area contributed by atoms with Crippen molar-refractivity contribution >= 4 is 5.82 Å². The predicted molar refractivity (Wildman–Crippen MR) is 80.9 cm³/mol. The maximum absolute atomic E-state index is 9.52. The third-order valence-electron chi connectivity index (χ3n) is 4.04. The number of anilines is 1. The summed E-state index contributed by atoms with van der Waals surface area (Å²) < 4.78 is 0. The molecule has 1 fully saturated rings. The summed E-state index contributed by atoms with van der Waals surface area (Å²) in [7, 11) is 0. The quantitative estimate of drug-likeness (QED) is 0.929. The molecule has 1 aliphatic rings. The van der Waals surface area contributed by atoms with Crippen LogP contribution in [0.15, 0.2) is 48.7 Å². The van der Waals surface area contributed by atoms with E-state index < -0.39 is 6.10 Å². The minimum Gasteiger partial charge on any atom is -0.389 e. The number of pyridine rings is 1. The lowest BCUT2D eigenvalue weighted by Crippen LogP contribution is -2.20. The fourth-order valence-corrected chi connectivity index (χ4v) is 2.80. The van der Waals surface area contributed by atoms with Gasteiger partial charge in [0.25, 0.3) is 0 Å². The molecule has 0 spiro atoms. The van der Waals surface area contributed by atoms with Gasteiger partial charge in [-0.1, -0.05) is 36.4 Å². The van der Waals surface area contributed by atoms with Gasteiger partial charge >= 0.3 is 0 Å². The lowest BCUT2D eigenvalue weighted by Gasteiger charge is -2.18. The smallest absolute Gasteiger partial charge is 0.128 e. The van der Waals surface area contributed by atoms with Crippen molar-refractivity contribution in [3.8, 4) is 0 Å². The molecule has 2 atom stereocenters. The van der Waals surface area contributed by atoms with Gasteiger partial charge in [0.1, 0.15) is 5.82 Å². The van der Waals surface area contributed by atoms with Crippen LogP contribution in [0.4, 0.5) is 5.82 Å². The first-order valence-corrected chi connectivity index (χ1v) is 7.18. The highest BCUT2D eigenvalue weighted by Gasteiger charge is 2.24. The van der Waals surface area contributed by atoms with Crippen molar-refractivity contribution in [2.75, 3.05) is 18.0 Å². The van der Waals surface area contributed by atoms with Gasteiger partial charge in [-0.15, -0.1) is 0 Å². The second kappa shape index (κ2) is 5.63. The van der Waals surface area contributed by atoms with Crippen LogP contribution < -0.4 is 4.90 Å². The molecule has 1 aliphatic heterocycles. The van der Waals surface area contributed by atoms with Crippen LogP contribution in [-0.4, -0.2) is 23.2 Å². The van der Waals surface area contributed by atoms with E-state index in [-0.39, 0.29) is 0 Å². The van der Waals surface area contributed by atoms with Gasteiger partial charge in [0.15, 0.2) is 0 Å². The molecule has 1 aromatic heterocycles. The Hall–Kier alpha value is -1.87. The minimum atomic E-state index is -0.452. The predicted octanol–water partition coefficient (Wildman–Crippen LogP) is 3.13. The van der Waals surface area contributed by atoms with E-state index in [0.717, 1.165) is 24.5 Å². The molecule has 1 unspecified atom stereocenters. The van der Waals surface area contributed by atoms with Gasteiger partial charge in [-0.25, -0.2) is 4.98 Å². The molecule has 0 amide bonds. The number of rotatable bonds is 3. The molecule has 0 saturated carbocycles. The number of aliphatic hydroxyl groups is 1. The minimum absolute atomic E-state index is 0.452. The van der Waals surface area contributed by atoms with Crippen LogP contribution in [0.5, 0.6) is 0 Å². The van der Waals surface area contributed by atoms with Crippen LogP contribution in [0.1, 0.15) is 36.5 Å². The van der Waals surface area contributed by atoms with Crippen molar-refractivity contribution in [2.45, 2.75) is 25.4 Å². The maximum Gasteiger partial charge on any atom is 0.128 e. The highest BCUT2D eigenvalue weighted by atomic mass is 16.3. The van der Waals surface area contributed by atoms with E-state index in [4.69, 9.17) is 0 Å². The summed E-state index contributed by atoms with van der Waals surface area (Å²) in [5.74, 6) is 1.60. The average Bonchev–Trinajstić information content (AvgIpc) is 2.98. The van der Waals surface area contributed by atoms with Crippen molar-refractivity contribution in [3.05, 3.63) is 59.8 Å². The van der Waals surface area contributed by atoms with Gasteiger partial charge in [-0.3, -0.25) is 0 Å². The summed E-state index contributed by atoms with van der Waals surface area (Å²) in [6.45, 7) is 3.82. The molecule has 104 valence electrons. The first kappa shape index (κ1) is 13.1. The van der Waals surface area contributed by atoms with Crippen LogP contribution >= 0.6 is 0 Å². The molecule has 1 N–H and O–H groups in total. The van der Waals surface area contributed by atoms with Crippen LogP contribution in [-0.2, 0) is 0 Å². The van der Waals surface area contributed by atoms with Crippen molar-refractivity contribution in [1.82, 2.24) is 4.98 Å². The van der Waals surface area contributed by atoms with Crippen LogP contribution in [0.25, 0.3) is 0 Å². The van der Waals surface area contributed by atoms with Crippen molar-refractivity contribution in [1.29, 1.82) is 0 Å². The van der Waals surface area contributed by atoms with Gasteiger partial charge in [0.05, 0.1) is 6.10 Å². The molecule has 1 aromatic carbocycles. The fourth-order valence-electron chi connectivity index (χ4n) is 2.80. The molecular weight excluding hydrogens is 248 g/mol. The monoisotopic (exact) mass is 268 g/mol. The number of nitrogens with zero attached hydrogens (tertiary/aromatic N) is 2. The maximum atomic E-state index is 9.52. The molecule has 0 aliphatic carbocycles. The highest BCUT2D eigenvalue weighted by Crippen LogP contribution is 2.29. The van der Waals surface area contributed by atoms with Crippen molar-refractivity contribution in [2.24, 2.45) is 0 Å². The second-order valence-electron chi connectivity index (χ2n) is 5.47. The highest BCUT2D eigenvalue weighted by molar-refractivity contribution is 5.42. The third-order valence-corrected chi connectivity index (χ3v) is 4.04. The van der Waals surface area contributed by atoms with E-state index in [2.05, 4.69) is 40.2 Å². The van der Waals surface area contributed by atoms with E-state index in [1.165, 1.54) is 12.0 Å².